The molecular weight excluding hydrogens is 230 g/mol. The van der Waals surface area contributed by atoms with Gasteiger partial charge in [0.25, 0.3) is 0 Å². The van der Waals surface area contributed by atoms with E-state index in [-0.39, 0.29) is 12.4 Å². The van der Waals surface area contributed by atoms with Gasteiger partial charge in [-0.05, 0) is 32.8 Å². The molecule has 0 rings (SSSR count). The number of quaternary nitrogens is 1. The number of rotatable bonds is 11. The van der Waals surface area contributed by atoms with Crippen LogP contribution in [-0.2, 0) is 0 Å². The van der Waals surface area contributed by atoms with Gasteiger partial charge in [-0.2, -0.15) is 0 Å². The van der Waals surface area contributed by atoms with Gasteiger partial charge in [0.15, 0.2) is 0 Å². The highest BCUT2D eigenvalue weighted by Gasteiger charge is 2.20. The molecule has 0 aromatic heterocycles. The Bertz CT molecular complexity index is 164. The van der Waals surface area contributed by atoms with Gasteiger partial charge in [-0.25, -0.2) is 0 Å². The van der Waals surface area contributed by atoms with Crippen molar-refractivity contribution in [2.45, 2.75) is 59.3 Å². The van der Waals surface area contributed by atoms with Crippen LogP contribution >= 0.6 is 0 Å². The maximum atomic E-state index is 3.89. The van der Waals surface area contributed by atoms with Gasteiger partial charge in [0, 0.05) is 0 Å². The monoisotopic (exact) mass is 261 g/mol. The molecule has 0 heterocycles. The number of hydrogen-bond acceptors (Lipinski definition) is 0. The lowest BCUT2D eigenvalue weighted by molar-refractivity contribution is -0.919. The highest BCUT2D eigenvalue weighted by atomic mass is 35.5. The number of halogens is 1. The number of hydrogen-bond donors (Lipinski definition) is 0. The Morgan fingerprint density at radius 2 is 1.41 bits per heavy atom. The van der Waals surface area contributed by atoms with Crippen LogP contribution in [0, 0.1) is 0 Å². The first-order valence-corrected chi connectivity index (χ1v) is 7.20. The summed E-state index contributed by atoms with van der Waals surface area (Å²) in [6.07, 6.45) is 10.5. The van der Waals surface area contributed by atoms with Crippen LogP contribution in [0.3, 0.4) is 0 Å². The Morgan fingerprint density at radius 1 is 0.882 bits per heavy atom. The van der Waals surface area contributed by atoms with Crippen LogP contribution in [0.1, 0.15) is 59.3 Å². The third-order valence-corrected chi connectivity index (χ3v) is 3.84. The second-order valence-electron chi connectivity index (χ2n) is 4.94. The molecule has 0 saturated carbocycles. The quantitative estimate of drug-likeness (QED) is 0.300. The summed E-state index contributed by atoms with van der Waals surface area (Å²) >= 11 is 0. The highest BCUT2D eigenvalue weighted by molar-refractivity contribution is 4.65. The van der Waals surface area contributed by atoms with Gasteiger partial charge in [-0.15, -0.1) is 0 Å². The van der Waals surface area contributed by atoms with Crippen LogP contribution in [0.25, 0.3) is 0 Å². The van der Waals surface area contributed by atoms with Crippen LogP contribution < -0.4 is 12.4 Å². The Morgan fingerprint density at radius 3 is 1.88 bits per heavy atom. The third-order valence-electron chi connectivity index (χ3n) is 3.84. The zero-order chi connectivity index (χ0) is 12.3. The van der Waals surface area contributed by atoms with Gasteiger partial charge in [0.2, 0.25) is 0 Å². The second-order valence-corrected chi connectivity index (χ2v) is 4.94. The second kappa shape index (κ2) is 12.4. The maximum Gasteiger partial charge on any atom is 0.0970 e. The predicted octanol–water partition coefficient (Wildman–Crippen LogP) is 1.39. The minimum absolute atomic E-state index is 0. The van der Waals surface area contributed by atoms with E-state index < -0.39 is 0 Å². The smallest absolute Gasteiger partial charge is 0.0970 e. The molecule has 0 radical (unpaired) electrons. The largest absolute Gasteiger partial charge is 1.00 e. The molecule has 0 aromatic rings. The molecule has 0 N–H and O–H groups in total. The molecule has 0 fully saturated rings. The van der Waals surface area contributed by atoms with E-state index in [0.29, 0.717) is 0 Å². The zero-order valence-corrected chi connectivity index (χ0v) is 12.9. The molecule has 0 unspecified atom stereocenters. The minimum atomic E-state index is 0. The van der Waals surface area contributed by atoms with Crippen molar-refractivity contribution in [3.05, 3.63) is 12.7 Å². The first-order valence-electron chi connectivity index (χ1n) is 7.20. The fourth-order valence-corrected chi connectivity index (χ4v) is 2.39. The first-order chi connectivity index (χ1) is 7.74. The Labute approximate surface area is 115 Å². The van der Waals surface area contributed by atoms with Crippen molar-refractivity contribution in [1.29, 1.82) is 0 Å². The number of likely N-dealkylation sites (N-methyl/N-ethyl adjacent to an activating group) is 1. The van der Waals surface area contributed by atoms with Crippen LogP contribution in [-0.4, -0.2) is 30.7 Å². The Kier molecular flexibility index (Phi) is 14.2. The van der Waals surface area contributed by atoms with E-state index in [9.17, 15) is 0 Å². The van der Waals surface area contributed by atoms with Gasteiger partial charge < -0.3 is 16.9 Å². The van der Waals surface area contributed by atoms with Crippen LogP contribution in [0.15, 0.2) is 12.7 Å². The van der Waals surface area contributed by atoms with E-state index in [4.69, 9.17) is 0 Å². The topological polar surface area (TPSA) is 0 Å². The van der Waals surface area contributed by atoms with Crippen molar-refractivity contribution >= 4 is 0 Å². The van der Waals surface area contributed by atoms with E-state index in [0.717, 1.165) is 6.54 Å². The molecule has 17 heavy (non-hydrogen) atoms. The molecule has 0 amide bonds. The lowest BCUT2D eigenvalue weighted by atomic mass is 10.1. The van der Waals surface area contributed by atoms with Crippen molar-refractivity contribution in [1.82, 2.24) is 0 Å². The van der Waals surface area contributed by atoms with Gasteiger partial charge in [-0.3, -0.25) is 0 Å². The van der Waals surface area contributed by atoms with Crippen LogP contribution in [0.5, 0.6) is 0 Å². The molecule has 0 atom stereocenters. The summed E-state index contributed by atoms with van der Waals surface area (Å²) in [5.41, 5.74) is 0. The lowest BCUT2D eigenvalue weighted by Crippen LogP contribution is -3.00. The van der Waals surface area contributed by atoms with E-state index >= 15 is 0 Å². The van der Waals surface area contributed by atoms with Crippen molar-refractivity contribution in [2.75, 3.05) is 26.2 Å². The Balaban J connectivity index is 0. The van der Waals surface area contributed by atoms with Crippen molar-refractivity contribution in [3.8, 4) is 0 Å². The molecule has 0 aliphatic heterocycles. The number of unbranched alkanes of at least 4 members (excludes halogenated alkanes) is 5. The summed E-state index contributed by atoms with van der Waals surface area (Å²) in [5, 5.41) is 0. The molecular formula is C15H32ClN. The fraction of sp³-hybridized carbons (Fsp3) is 0.867. The molecule has 0 aliphatic rings. The van der Waals surface area contributed by atoms with Gasteiger partial charge in [-0.1, -0.05) is 39.2 Å². The fourth-order valence-electron chi connectivity index (χ4n) is 2.39. The molecule has 0 saturated heterocycles. The molecule has 0 spiro atoms. The normalized spacial score (nSPS) is 11.0. The van der Waals surface area contributed by atoms with Crippen molar-refractivity contribution in [2.24, 2.45) is 0 Å². The summed E-state index contributed by atoms with van der Waals surface area (Å²) in [7, 11) is 0. The molecule has 0 aromatic carbocycles. The van der Waals surface area contributed by atoms with E-state index in [1.165, 1.54) is 62.6 Å². The van der Waals surface area contributed by atoms with E-state index in [2.05, 4.69) is 33.4 Å². The molecule has 104 valence electrons. The van der Waals surface area contributed by atoms with Crippen LogP contribution in [0.4, 0.5) is 0 Å². The molecule has 0 bridgehead atoms. The summed E-state index contributed by atoms with van der Waals surface area (Å²) in [5.74, 6) is 0. The Hall–Kier alpha value is -0.0100. The average Bonchev–Trinajstić information content (AvgIpc) is 2.32. The summed E-state index contributed by atoms with van der Waals surface area (Å²) in [6.45, 7) is 15.8. The SMILES string of the molecule is C=CC[N+](CC)(CC)CCCCCCCC.[Cl-]. The first kappa shape index (κ1) is 19.3. The van der Waals surface area contributed by atoms with Gasteiger partial charge in [0.1, 0.15) is 0 Å². The van der Waals surface area contributed by atoms with E-state index in [1.807, 2.05) is 0 Å². The maximum absolute atomic E-state index is 3.89. The van der Waals surface area contributed by atoms with E-state index in [1.54, 1.807) is 0 Å². The van der Waals surface area contributed by atoms with Gasteiger partial charge >= 0.3 is 0 Å². The summed E-state index contributed by atoms with van der Waals surface area (Å²) in [4.78, 5) is 0. The van der Waals surface area contributed by atoms with Gasteiger partial charge in [0.05, 0.1) is 26.2 Å². The summed E-state index contributed by atoms with van der Waals surface area (Å²) < 4.78 is 1.23. The minimum Gasteiger partial charge on any atom is -1.00 e. The summed E-state index contributed by atoms with van der Waals surface area (Å²) in [6, 6.07) is 0. The molecule has 1 nitrogen and oxygen atoms in total. The average molecular weight is 262 g/mol. The zero-order valence-electron chi connectivity index (χ0n) is 12.2. The third kappa shape index (κ3) is 8.68. The highest BCUT2D eigenvalue weighted by Crippen LogP contribution is 2.12. The molecule has 0 aliphatic carbocycles. The number of nitrogens with zero attached hydrogens (tertiary/aromatic N) is 1. The lowest BCUT2D eigenvalue weighted by Gasteiger charge is -2.36. The van der Waals surface area contributed by atoms with Crippen molar-refractivity contribution < 1.29 is 16.9 Å². The predicted molar refractivity (Wildman–Crippen MR) is 74.6 cm³/mol. The molecule has 2 heteroatoms. The standard InChI is InChI=1S/C15H32N.ClH/c1-5-9-10-11-12-13-15-16(7-3,8-4)14-6-2;/h6H,2,5,7-15H2,1,3-4H3;1H/q+1;/p-1. The van der Waals surface area contributed by atoms with Crippen molar-refractivity contribution in [3.63, 3.8) is 0 Å². The van der Waals surface area contributed by atoms with Crippen LogP contribution in [0.2, 0.25) is 0 Å².